The van der Waals surface area contributed by atoms with E-state index in [2.05, 4.69) is 28.2 Å². The van der Waals surface area contributed by atoms with Gasteiger partial charge in [0.1, 0.15) is 0 Å². The number of nitrogens with zero attached hydrogens (tertiary/aromatic N) is 2. The van der Waals surface area contributed by atoms with Gasteiger partial charge in [0.05, 0.1) is 24.0 Å². The van der Waals surface area contributed by atoms with Crippen LogP contribution >= 0.6 is 11.8 Å². The molecule has 2 saturated carbocycles. The van der Waals surface area contributed by atoms with Crippen LogP contribution in [0.1, 0.15) is 67.4 Å². The molecule has 0 aliphatic heterocycles. The van der Waals surface area contributed by atoms with Gasteiger partial charge >= 0.3 is 0 Å². The second-order valence-corrected chi connectivity index (χ2v) is 8.46. The van der Waals surface area contributed by atoms with Crippen molar-refractivity contribution in [3.8, 4) is 0 Å². The molecule has 4 rings (SSSR count). The second-order valence-electron chi connectivity index (χ2n) is 7.47. The molecule has 2 aromatic rings. The second kappa shape index (κ2) is 8.30. The van der Waals surface area contributed by atoms with E-state index in [1.807, 2.05) is 18.2 Å². The Morgan fingerprint density at radius 3 is 2.65 bits per heavy atom. The third-order valence-corrected chi connectivity index (χ3v) is 6.30. The van der Waals surface area contributed by atoms with Crippen LogP contribution in [0.25, 0.3) is 0 Å². The minimum Gasteiger partial charge on any atom is -0.350 e. The maximum atomic E-state index is 12.1. The molecule has 0 saturated heterocycles. The molecule has 0 radical (unpaired) electrons. The number of rotatable bonds is 8. The number of carbonyl (C=O) groups is 1. The lowest BCUT2D eigenvalue weighted by molar-refractivity contribution is -0.118. The van der Waals surface area contributed by atoms with Gasteiger partial charge in [0.2, 0.25) is 5.91 Å². The van der Waals surface area contributed by atoms with Crippen molar-refractivity contribution >= 4 is 17.7 Å². The summed E-state index contributed by atoms with van der Waals surface area (Å²) in [4.78, 5) is 12.1. The van der Waals surface area contributed by atoms with Gasteiger partial charge in [0.25, 0.3) is 0 Å². The lowest BCUT2D eigenvalue weighted by atomic mass is 10.2. The Bertz CT molecular complexity index is 733. The van der Waals surface area contributed by atoms with E-state index in [-0.39, 0.29) is 5.91 Å². The van der Waals surface area contributed by atoms with Gasteiger partial charge in [0, 0.05) is 17.4 Å². The maximum absolute atomic E-state index is 12.1. The number of amides is 1. The SMILES string of the molecule is O=C(CSCc1ccccc1)NCc1cc(C2CC2)n(C2CCCC2)n1. The van der Waals surface area contributed by atoms with E-state index in [4.69, 9.17) is 5.10 Å². The van der Waals surface area contributed by atoms with Crippen molar-refractivity contribution in [3.05, 3.63) is 53.3 Å². The number of thioether (sulfide) groups is 1. The largest absolute Gasteiger partial charge is 0.350 e. The topological polar surface area (TPSA) is 46.9 Å². The van der Waals surface area contributed by atoms with Crippen molar-refractivity contribution < 1.29 is 4.79 Å². The van der Waals surface area contributed by atoms with Crippen molar-refractivity contribution in [1.82, 2.24) is 15.1 Å². The molecule has 1 N–H and O–H groups in total. The van der Waals surface area contributed by atoms with Crippen LogP contribution in [-0.4, -0.2) is 21.4 Å². The fourth-order valence-corrected chi connectivity index (χ4v) is 4.57. The Morgan fingerprint density at radius 2 is 1.92 bits per heavy atom. The van der Waals surface area contributed by atoms with Gasteiger partial charge in [-0.25, -0.2) is 0 Å². The first-order valence-electron chi connectivity index (χ1n) is 9.76. The highest BCUT2D eigenvalue weighted by molar-refractivity contribution is 7.99. The summed E-state index contributed by atoms with van der Waals surface area (Å²) in [6.07, 6.45) is 7.73. The Labute approximate surface area is 159 Å². The van der Waals surface area contributed by atoms with Crippen molar-refractivity contribution in [2.45, 2.75) is 62.8 Å². The van der Waals surface area contributed by atoms with Crippen molar-refractivity contribution in [2.75, 3.05) is 5.75 Å². The zero-order valence-corrected chi connectivity index (χ0v) is 16.0. The van der Waals surface area contributed by atoms with Crippen molar-refractivity contribution in [1.29, 1.82) is 0 Å². The molecule has 0 spiro atoms. The third-order valence-electron chi connectivity index (χ3n) is 5.29. The quantitative estimate of drug-likeness (QED) is 0.749. The zero-order valence-electron chi connectivity index (χ0n) is 15.2. The number of nitrogens with one attached hydrogen (secondary N) is 1. The molecule has 2 fully saturated rings. The average molecular weight is 370 g/mol. The van der Waals surface area contributed by atoms with E-state index < -0.39 is 0 Å². The van der Waals surface area contributed by atoms with Gasteiger partial charge in [-0.3, -0.25) is 9.48 Å². The molecule has 1 aromatic carbocycles. The van der Waals surface area contributed by atoms with Crippen LogP contribution in [0, 0.1) is 0 Å². The first kappa shape index (κ1) is 17.7. The van der Waals surface area contributed by atoms with Crippen LogP contribution < -0.4 is 5.32 Å². The van der Waals surface area contributed by atoms with Gasteiger partial charge in [-0.2, -0.15) is 5.10 Å². The standard InChI is InChI=1S/C21H27N3OS/c25-21(15-26-14-16-6-2-1-3-7-16)22-13-18-12-20(17-10-11-17)24(23-18)19-8-4-5-9-19/h1-3,6-7,12,17,19H,4-5,8-11,13-15H2,(H,22,25). The number of hydrogen-bond acceptors (Lipinski definition) is 3. The Kier molecular flexibility index (Phi) is 5.63. The first-order valence-corrected chi connectivity index (χ1v) is 10.9. The summed E-state index contributed by atoms with van der Waals surface area (Å²) in [6.45, 7) is 0.546. The summed E-state index contributed by atoms with van der Waals surface area (Å²) in [7, 11) is 0. The fraction of sp³-hybridized carbons (Fsp3) is 0.524. The summed E-state index contributed by atoms with van der Waals surface area (Å²) in [5, 5.41) is 7.89. The highest BCUT2D eigenvalue weighted by Gasteiger charge is 2.31. The molecule has 1 amide bonds. The minimum atomic E-state index is 0.0920. The van der Waals surface area contributed by atoms with Crippen molar-refractivity contribution in [3.63, 3.8) is 0 Å². The Morgan fingerprint density at radius 1 is 1.15 bits per heavy atom. The van der Waals surface area contributed by atoms with Crippen LogP contribution in [0.2, 0.25) is 0 Å². The number of aromatic nitrogens is 2. The molecule has 26 heavy (non-hydrogen) atoms. The highest BCUT2D eigenvalue weighted by atomic mass is 32.2. The van der Waals surface area contributed by atoms with Gasteiger partial charge < -0.3 is 5.32 Å². The molecule has 5 heteroatoms. The monoisotopic (exact) mass is 369 g/mol. The lowest BCUT2D eigenvalue weighted by Gasteiger charge is -2.13. The van der Waals surface area contributed by atoms with E-state index in [1.54, 1.807) is 11.8 Å². The van der Waals surface area contributed by atoms with Gasteiger partial charge in [-0.05, 0) is 37.3 Å². The minimum absolute atomic E-state index is 0.0920. The van der Waals surface area contributed by atoms with E-state index in [1.165, 1.54) is 49.8 Å². The lowest BCUT2D eigenvalue weighted by Crippen LogP contribution is -2.25. The third kappa shape index (κ3) is 4.50. The molecule has 1 heterocycles. The number of benzene rings is 1. The van der Waals surface area contributed by atoms with E-state index in [0.717, 1.165) is 11.4 Å². The summed E-state index contributed by atoms with van der Waals surface area (Å²) in [5.74, 6) is 2.16. The summed E-state index contributed by atoms with van der Waals surface area (Å²) in [5.41, 5.74) is 3.68. The molecular formula is C21H27N3OS. The Balaban J connectivity index is 1.27. The first-order chi connectivity index (χ1) is 12.8. The Hall–Kier alpha value is -1.75. The molecule has 1 aromatic heterocycles. The molecule has 2 aliphatic carbocycles. The van der Waals surface area contributed by atoms with Crippen molar-refractivity contribution in [2.24, 2.45) is 0 Å². The predicted octanol–water partition coefficient (Wildman–Crippen LogP) is 4.43. The van der Waals surface area contributed by atoms with Crippen LogP contribution in [-0.2, 0) is 17.1 Å². The number of carbonyl (C=O) groups excluding carboxylic acids is 1. The van der Waals surface area contributed by atoms with E-state index >= 15 is 0 Å². The summed E-state index contributed by atoms with van der Waals surface area (Å²) < 4.78 is 2.29. The summed E-state index contributed by atoms with van der Waals surface area (Å²) in [6, 6.07) is 13.1. The number of hydrogen-bond donors (Lipinski definition) is 1. The maximum Gasteiger partial charge on any atom is 0.230 e. The van der Waals surface area contributed by atoms with E-state index in [0.29, 0.717) is 24.3 Å². The molecule has 2 aliphatic rings. The molecule has 0 bridgehead atoms. The smallest absolute Gasteiger partial charge is 0.230 e. The van der Waals surface area contributed by atoms with Crippen LogP contribution in [0.15, 0.2) is 36.4 Å². The normalized spacial score (nSPS) is 17.5. The summed E-state index contributed by atoms with van der Waals surface area (Å²) >= 11 is 1.66. The van der Waals surface area contributed by atoms with Gasteiger partial charge in [0.15, 0.2) is 0 Å². The van der Waals surface area contributed by atoms with Crippen LogP contribution in [0.4, 0.5) is 0 Å². The van der Waals surface area contributed by atoms with Gasteiger partial charge in [-0.1, -0.05) is 43.2 Å². The van der Waals surface area contributed by atoms with Crippen LogP contribution in [0.3, 0.4) is 0 Å². The molecule has 138 valence electrons. The molecular weight excluding hydrogens is 342 g/mol. The molecule has 0 atom stereocenters. The fourth-order valence-electron chi connectivity index (χ4n) is 3.75. The van der Waals surface area contributed by atoms with E-state index in [9.17, 15) is 4.79 Å². The average Bonchev–Trinajstić information content (AvgIpc) is 3.19. The highest BCUT2D eigenvalue weighted by Crippen LogP contribution is 2.43. The predicted molar refractivity (Wildman–Crippen MR) is 106 cm³/mol. The molecule has 4 nitrogen and oxygen atoms in total. The zero-order chi connectivity index (χ0) is 17.8. The van der Waals surface area contributed by atoms with Crippen LogP contribution in [0.5, 0.6) is 0 Å². The van der Waals surface area contributed by atoms with Gasteiger partial charge in [-0.15, -0.1) is 11.8 Å². The molecule has 0 unspecified atom stereocenters.